The number of aromatic hydroxyl groups is 1. The Labute approximate surface area is 132 Å². The molecule has 1 aliphatic rings. The number of carboxylic acids is 1. The summed E-state index contributed by atoms with van der Waals surface area (Å²) in [6, 6.07) is 5.29. The minimum atomic E-state index is -0.741. The van der Waals surface area contributed by atoms with Crippen LogP contribution in [-0.4, -0.2) is 23.3 Å². The maximum Gasteiger partial charge on any atom is 0.331 e. The number of allylic oxidation sites excluding steroid dienone is 1. The van der Waals surface area contributed by atoms with Crippen molar-refractivity contribution in [3.63, 3.8) is 0 Å². The van der Waals surface area contributed by atoms with E-state index in [1.165, 1.54) is 0 Å². The molecule has 0 saturated carbocycles. The Balaban J connectivity index is 0.000000235. The number of ether oxygens (including phenoxy) is 1. The van der Waals surface area contributed by atoms with Crippen molar-refractivity contribution < 1.29 is 19.7 Å². The third kappa shape index (κ3) is 5.43. The highest BCUT2D eigenvalue weighted by molar-refractivity contribution is 5.86. The summed E-state index contributed by atoms with van der Waals surface area (Å²) in [6.07, 6.45) is 5.72. The molecule has 4 nitrogen and oxygen atoms in total. The number of hydrogen-bond acceptors (Lipinski definition) is 3. The Hall–Kier alpha value is -1.97. The molecule has 0 aliphatic heterocycles. The van der Waals surface area contributed by atoms with Crippen molar-refractivity contribution in [3.05, 3.63) is 35.4 Å². The second-order valence-electron chi connectivity index (χ2n) is 6.41. The van der Waals surface area contributed by atoms with E-state index in [4.69, 9.17) is 9.84 Å². The van der Waals surface area contributed by atoms with Gasteiger partial charge in [-0.3, -0.25) is 0 Å². The molecule has 0 aromatic heterocycles. The lowest BCUT2D eigenvalue weighted by Gasteiger charge is -2.20. The number of hydrogen-bond donors (Lipinski definition) is 2. The van der Waals surface area contributed by atoms with Crippen LogP contribution < -0.4 is 4.74 Å². The summed E-state index contributed by atoms with van der Waals surface area (Å²) in [4.78, 5) is 10.3. The molecule has 0 saturated heterocycles. The van der Waals surface area contributed by atoms with E-state index in [0.29, 0.717) is 11.3 Å². The van der Waals surface area contributed by atoms with Crippen molar-refractivity contribution in [2.24, 2.45) is 0 Å². The van der Waals surface area contributed by atoms with Crippen molar-refractivity contribution in [1.82, 2.24) is 0 Å². The average Bonchev–Trinajstić information content (AvgIpc) is 2.48. The molecule has 1 aromatic carbocycles. The lowest BCUT2D eigenvalue weighted by atomic mass is 9.86. The zero-order chi connectivity index (χ0) is 16.8. The van der Waals surface area contributed by atoms with Crippen LogP contribution in [0.3, 0.4) is 0 Å². The van der Waals surface area contributed by atoms with Crippen LogP contribution in [0.5, 0.6) is 11.5 Å². The fraction of sp³-hybridized carbons (Fsp3) is 0.500. The largest absolute Gasteiger partial charge is 0.508 e. The molecule has 0 heterocycles. The zero-order valence-corrected chi connectivity index (χ0v) is 13.8. The molecule has 22 heavy (non-hydrogen) atoms. The summed E-state index contributed by atoms with van der Waals surface area (Å²) >= 11 is 0. The molecule has 0 spiro atoms. The highest BCUT2D eigenvalue weighted by Crippen LogP contribution is 2.33. The van der Waals surface area contributed by atoms with Gasteiger partial charge in [-0.15, -0.1) is 0 Å². The van der Waals surface area contributed by atoms with Gasteiger partial charge in [-0.1, -0.05) is 26.8 Å². The lowest BCUT2D eigenvalue weighted by molar-refractivity contribution is -0.132. The van der Waals surface area contributed by atoms with E-state index < -0.39 is 5.97 Å². The van der Waals surface area contributed by atoms with Crippen LogP contribution in [0, 0.1) is 0 Å². The van der Waals surface area contributed by atoms with Crippen LogP contribution in [0.15, 0.2) is 29.8 Å². The van der Waals surface area contributed by atoms with E-state index in [1.807, 2.05) is 12.1 Å². The molecular formula is C18H26O4. The first-order valence-electron chi connectivity index (χ1n) is 7.55. The molecule has 0 radical (unpaired) electrons. The molecule has 0 bridgehead atoms. The Kier molecular flexibility index (Phi) is 6.47. The van der Waals surface area contributed by atoms with Crippen LogP contribution >= 0.6 is 0 Å². The summed E-state index contributed by atoms with van der Waals surface area (Å²) in [5.41, 5.74) is 1.45. The van der Waals surface area contributed by atoms with E-state index in [9.17, 15) is 9.90 Å². The summed E-state index contributed by atoms with van der Waals surface area (Å²) in [7, 11) is 1.62. The van der Waals surface area contributed by atoms with Crippen molar-refractivity contribution in [2.75, 3.05) is 7.11 Å². The van der Waals surface area contributed by atoms with Gasteiger partial charge in [0.2, 0.25) is 0 Å². The third-order valence-electron chi connectivity index (χ3n) is 3.58. The summed E-state index contributed by atoms with van der Waals surface area (Å²) in [5.74, 6) is 0.366. The molecule has 1 aromatic rings. The van der Waals surface area contributed by atoms with Crippen LogP contribution in [0.1, 0.15) is 52.0 Å². The quantitative estimate of drug-likeness (QED) is 0.856. The maximum absolute atomic E-state index is 10.3. The van der Waals surface area contributed by atoms with E-state index in [0.717, 1.165) is 37.0 Å². The lowest BCUT2D eigenvalue weighted by Crippen LogP contribution is -2.11. The van der Waals surface area contributed by atoms with E-state index in [1.54, 1.807) is 19.2 Å². The van der Waals surface area contributed by atoms with Gasteiger partial charge >= 0.3 is 5.97 Å². The normalized spacial score (nSPS) is 14.5. The topological polar surface area (TPSA) is 66.8 Å². The van der Waals surface area contributed by atoms with Crippen LogP contribution in [0.4, 0.5) is 0 Å². The summed E-state index contributed by atoms with van der Waals surface area (Å²) < 4.78 is 5.09. The first kappa shape index (κ1) is 18.1. The molecule has 0 atom stereocenters. The molecular weight excluding hydrogens is 280 g/mol. The van der Waals surface area contributed by atoms with Crippen LogP contribution in [0.2, 0.25) is 0 Å². The Morgan fingerprint density at radius 3 is 2.32 bits per heavy atom. The molecule has 1 aliphatic carbocycles. The SMILES string of the molecule is COc1ccc(O)c(C(C)(C)C)c1.O=C(O)C1=CCCCC1. The second-order valence-corrected chi connectivity index (χ2v) is 6.41. The predicted octanol–water partition coefficient (Wildman–Crippen LogP) is 4.27. The van der Waals surface area contributed by atoms with Crippen molar-refractivity contribution in [3.8, 4) is 11.5 Å². The fourth-order valence-corrected chi connectivity index (χ4v) is 2.28. The van der Waals surface area contributed by atoms with Gasteiger partial charge in [0.25, 0.3) is 0 Å². The molecule has 4 heteroatoms. The number of phenolic OH excluding ortho intramolecular Hbond substituents is 1. The van der Waals surface area contributed by atoms with E-state index >= 15 is 0 Å². The molecule has 122 valence electrons. The van der Waals surface area contributed by atoms with Gasteiger partial charge < -0.3 is 14.9 Å². The smallest absolute Gasteiger partial charge is 0.331 e. The summed E-state index contributed by atoms with van der Waals surface area (Å²) in [6.45, 7) is 6.17. The molecule has 2 N–H and O–H groups in total. The fourth-order valence-electron chi connectivity index (χ4n) is 2.28. The number of aliphatic carboxylic acids is 1. The van der Waals surface area contributed by atoms with Gasteiger partial charge in [-0.25, -0.2) is 4.79 Å². The monoisotopic (exact) mass is 306 g/mol. The van der Waals surface area contributed by atoms with E-state index in [-0.39, 0.29) is 5.41 Å². The van der Waals surface area contributed by atoms with Crippen molar-refractivity contribution in [2.45, 2.75) is 51.9 Å². The highest BCUT2D eigenvalue weighted by Gasteiger charge is 2.18. The average molecular weight is 306 g/mol. The molecule has 2 rings (SSSR count). The van der Waals surface area contributed by atoms with Crippen LogP contribution in [-0.2, 0) is 10.2 Å². The first-order valence-corrected chi connectivity index (χ1v) is 7.55. The Bertz CT molecular complexity index is 539. The number of phenols is 1. The minimum absolute atomic E-state index is 0.0569. The number of methoxy groups -OCH3 is 1. The number of carboxylic acid groups (broad SMARTS) is 1. The minimum Gasteiger partial charge on any atom is -0.508 e. The summed E-state index contributed by atoms with van der Waals surface area (Å²) in [5, 5.41) is 18.1. The molecule has 0 amide bonds. The third-order valence-corrected chi connectivity index (χ3v) is 3.58. The van der Waals surface area contributed by atoms with Gasteiger partial charge in [-0.05, 0) is 49.3 Å². The number of carbonyl (C=O) groups is 1. The Morgan fingerprint density at radius 1 is 1.23 bits per heavy atom. The number of rotatable bonds is 2. The van der Waals surface area contributed by atoms with Gasteiger partial charge in [-0.2, -0.15) is 0 Å². The van der Waals surface area contributed by atoms with Gasteiger partial charge in [0, 0.05) is 11.1 Å². The van der Waals surface area contributed by atoms with Gasteiger partial charge in [0.1, 0.15) is 11.5 Å². The standard InChI is InChI=1S/C11H16O2.C7H10O2/c1-11(2,3)9-7-8(13-4)5-6-10(9)12;8-7(9)6-4-2-1-3-5-6/h5-7,12H,1-4H3;4H,1-3,5H2,(H,8,9). The van der Waals surface area contributed by atoms with Crippen LogP contribution in [0.25, 0.3) is 0 Å². The molecule has 0 unspecified atom stereocenters. The molecule has 0 fully saturated rings. The number of benzene rings is 1. The maximum atomic E-state index is 10.3. The second kappa shape index (κ2) is 7.87. The highest BCUT2D eigenvalue weighted by atomic mass is 16.5. The van der Waals surface area contributed by atoms with Crippen molar-refractivity contribution >= 4 is 5.97 Å². The van der Waals surface area contributed by atoms with E-state index in [2.05, 4.69) is 20.8 Å². The Morgan fingerprint density at radius 2 is 1.91 bits per heavy atom. The zero-order valence-electron chi connectivity index (χ0n) is 13.8. The first-order chi connectivity index (χ1) is 10.3. The predicted molar refractivity (Wildman–Crippen MR) is 87.5 cm³/mol. The van der Waals surface area contributed by atoms with Gasteiger partial charge in [0.15, 0.2) is 0 Å². The van der Waals surface area contributed by atoms with Crippen molar-refractivity contribution in [1.29, 1.82) is 0 Å². The van der Waals surface area contributed by atoms with Gasteiger partial charge in [0.05, 0.1) is 7.11 Å².